The minimum atomic E-state index is -2.41. The van der Waals surface area contributed by atoms with Crippen LogP contribution < -0.4 is 9.45 Å². The Hall–Kier alpha value is -2.10. The zero-order valence-corrected chi connectivity index (χ0v) is 22.3. The minimum Gasteiger partial charge on any atom is -0.374 e. The molecule has 6 rings (SSSR count). The molecule has 0 saturated carbocycles. The van der Waals surface area contributed by atoms with Gasteiger partial charge in [0.1, 0.15) is 0 Å². The fourth-order valence-corrected chi connectivity index (χ4v) is 11.5. The van der Waals surface area contributed by atoms with E-state index in [4.69, 9.17) is 16.9 Å². The van der Waals surface area contributed by atoms with Crippen LogP contribution in [0.1, 0.15) is 58.4 Å². The molecule has 178 valence electrons. The first-order valence-corrected chi connectivity index (χ1v) is 15.5. The van der Waals surface area contributed by atoms with Gasteiger partial charge in [-0.1, -0.05) is 50.2 Å². The van der Waals surface area contributed by atoms with E-state index in [0.717, 1.165) is 38.0 Å². The number of hydrazone groups is 1. The van der Waals surface area contributed by atoms with Crippen LogP contribution in [0.25, 0.3) is 0 Å². The van der Waals surface area contributed by atoms with Gasteiger partial charge in [-0.2, -0.15) is 5.10 Å². The van der Waals surface area contributed by atoms with Crippen LogP contribution in [0.3, 0.4) is 0 Å². The lowest BCUT2D eigenvalue weighted by Crippen LogP contribution is -2.38. The Balaban J connectivity index is 1.60. The van der Waals surface area contributed by atoms with E-state index >= 15 is 0 Å². The summed E-state index contributed by atoms with van der Waals surface area (Å²) in [5.41, 5.74) is 6.76. The Morgan fingerprint density at radius 3 is 2.41 bits per heavy atom. The summed E-state index contributed by atoms with van der Waals surface area (Å²) in [5.74, 6) is 0. The van der Waals surface area contributed by atoms with Crippen LogP contribution >= 0.6 is 6.34 Å². The Morgan fingerprint density at radius 1 is 0.941 bits per heavy atom. The highest BCUT2D eigenvalue weighted by Crippen LogP contribution is 2.71. The van der Waals surface area contributed by atoms with Crippen LogP contribution in [0, 0.1) is 5.41 Å². The first-order valence-electron chi connectivity index (χ1n) is 12.8. The highest BCUT2D eigenvalue weighted by Gasteiger charge is 2.52. The van der Waals surface area contributed by atoms with Crippen molar-refractivity contribution < 1.29 is 0 Å². The largest absolute Gasteiger partial charge is 0.374 e. The lowest BCUT2D eigenvalue weighted by molar-refractivity contribution is 0.240. The molecule has 0 radical (unpaired) electrons. The molecule has 0 aromatic heterocycles. The maximum absolute atomic E-state index is 6.97. The molecule has 0 amide bonds. The second kappa shape index (κ2) is 8.24. The lowest BCUT2D eigenvalue weighted by atomic mass is 9.78. The number of benzene rings is 2. The molecule has 2 aromatic carbocycles. The van der Waals surface area contributed by atoms with Crippen LogP contribution in [0.2, 0.25) is 0 Å². The predicted octanol–water partition coefficient (Wildman–Crippen LogP) is 7.14. The van der Waals surface area contributed by atoms with E-state index in [1.54, 1.807) is 0 Å². The molecule has 1 fully saturated rings. The summed E-state index contributed by atoms with van der Waals surface area (Å²) in [6.45, 7) is 9.45. The lowest BCUT2D eigenvalue weighted by Gasteiger charge is -2.45. The van der Waals surface area contributed by atoms with Crippen molar-refractivity contribution in [3.8, 4) is 0 Å². The summed E-state index contributed by atoms with van der Waals surface area (Å²) in [5, 5.41) is 6.79. The quantitative estimate of drug-likeness (QED) is 0.426. The van der Waals surface area contributed by atoms with E-state index in [9.17, 15) is 0 Å². The molecule has 6 heteroatoms. The van der Waals surface area contributed by atoms with Gasteiger partial charge < -0.3 is 9.57 Å². The first kappa shape index (κ1) is 22.4. The Labute approximate surface area is 209 Å². The van der Waals surface area contributed by atoms with Gasteiger partial charge in [-0.15, -0.1) is 0 Å². The number of likely N-dealkylation sites (tertiary alicyclic amines) is 1. The SMILES string of the molecule is CC1Cc2ccccc2N1P1(=S)C2=C(N3CCCCC3)CC(C)(C)CC2=NN1c1ccccc1. The average Bonchev–Trinajstić information content (AvgIpc) is 3.32. The average molecular weight is 491 g/mol. The molecular formula is C28H35N4PS. The molecule has 0 N–H and O–H groups in total. The summed E-state index contributed by atoms with van der Waals surface area (Å²) in [6, 6.07) is 19.9. The summed E-state index contributed by atoms with van der Waals surface area (Å²) in [4.78, 5) is 2.68. The van der Waals surface area contributed by atoms with Crippen LogP contribution in [-0.4, -0.2) is 29.7 Å². The smallest absolute Gasteiger partial charge is 0.177 e. The van der Waals surface area contributed by atoms with Gasteiger partial charge in [0.2, 0.25) is 0 Å². The predicted molar refractivity (Wildman–Crippen MR) is 148 cm³/mol. The zero-order chi connectivity index (χ0) is 23.5. The van der Waals surface area contributed by atoms with Crippen molar-refractivity contribution in [2.24, 2.45) is 10.5 Å². The number of para-hydroxylation sites is 2. The van der Waals surface area contributed by atoms with E-state index in [2.05, 4.69) is 89.7 Å². The molecule has 1 saturated heterocycles. The third kappa shape index (κ3) is 3.46. The van der Waals surface area contributed by atoms with Crippen molar-refractivity contribution in [3.05, 3.63) is 71.2 Å². The number of rotatable bonds is 3. The molecule has 0 bridgehead atoms. The molecule has 0 spiro atoms. The third-order valence-corrected chi connectivity index (χ3v) is 12.5. The number of anilines is 2. The Bertz CT molecular complexity index is 1210. The van der Waals surface area contributed by atoms with E-state index in [0.29, 0.717) is 6.04 Å². The maximum Gasteiger partial charge on any atom is 0.177 e. The standard InChI is InChI=1S/C28H35N4PS/c1-21-18-22-12-8-9-15-25(22)31(21)33(34)27-24(29-32(33)23-13-6-4-7-14-23)19-28(2,3)20-26(27)30-16-10-5-11-17-30/h4,6-9,12-15,21H,5,10-11,16-20H2,1-3H3. The number of allylic oxidation sites excluding steroid dienone is 2. The number of nitrogens with zero attached hydrogens (tertiary/aromatic N) is 4. The molecule has 4 nitrogen and oxygen atoms in total. The summed E-state index contributed by atoms with van der Waals surface area (Å²) < 4.78 is 4.88. The summed E-state index contributed by atoms with van der Waals surface area (Å²) in [6.07, 6.45) is 4.60. The molecular weight excluding hydrogens is 455 g/mol. The molecule has 4 aliphatic rings. The van der Waals surface area contributed by atoms with Gasteiger partial charge in [0.05, 0.1) is 16.7 Å². The minimum absolute atomic E-state index is 0.191. The fourth-order valence-electron chi connectivity index (χ4n) is 6.35. The molecule has 2 unspecified atom stereocenters. The maximum atomic E-state index is 6.97. The first-order chi connectivity index (χ1) is 16.4. The Kier molecular flexibility index (Phi) is 5.42. The van der Waals surface area contributed by atoms with Crippen molar-refractivity contribution in [2.75, 3.05) is 22.5 Å². The van der Waals surface area contributed by atoms with Gasteiger partial charge in [-0.25, -0.2) is 4.78 Å². The molecule has 1 aliphatic carbocycles. The third-order valence-electron chi connectivity index (χ3n) is 7.79. The van der Waals surface area contributed by atoms with E-state index in [-0.39, 0.29) is 5.41 Å². The number of hydrogen-bond donors (Lipinski definition) is 0. The molecule has 3 heterocycles. The molecule has 2 atom stereocenters. The van der Waals surface area contributed by atoms with Gasteiger partial charge in [0, 0.05) is 30.5 Å². The van der Waals surface area contributed by atoms with Gasteiger partial charge in [0.25, 0.3) is 0 Å². The van der Waals surface area contributed by atoms with E-state index in [1.807, 2.05) is 0 Å². The Morgan fingerprint density at radius 2 is 1.65 bits per heavy atom. The van der Waals surface area contributed by atoms with Gasteiger partial charge in [-0.05, 0) is 86.4 Å². The van der Waals surface area contributed by atoms with Gasteiger partial charge in [0.15, 0.2) is 6.34 Å². The molecule has 3 aliphatic heterocycles. The van der Waals surface area contributed by atoms with Crippen molar-refractivity contribution >= 4 is 35.2 Å². The van der Waals surface area contributed by atoms with Gasteiger partial charge >= 0.3 is 0 Å². The number of fused-ring (bicyclic) bond motifs is 2. The molecule has 34 heavy (non-hydrogen) atoms. The van der Waals surface area contributed by atoms with Crippen LogP contribution in [-0.2, 0) is 18.2 Å². The second-order valence-electron chi connectivity index (χ2n) is 11.1. The summed E-state index contributed by atoms with van der Waals surface area (Å²) in [7, 11) is 0. The zero-order valence-electron chi connectivity index (χ0n) is 20.6. The second-order valence-corrected chi connectivity index (χ2v) is 15.0. The van der Waals surface area contributed by atoms with Crippen molar-refractivity contribution in [1.29, 1.82) is 0 Å². The van der Waals surface area contributed by atoms with Crippen LogP contribution in [0.15, 0.2) is 70.7 Å². The van der Waals surface area contributed by atoms with Crippen molar-refractivity contribution in [2.45, 2.75) is 65.3 Å². The fraction of sp³-hybridized carbons (Fsp3) is 0.464. The van der Waals surface area contributed by atoms with Crippen molar-refractivity contribution in [3.63, 3.8) is 0 Å². The van der Waals surface area contributed by atoms with Crippen LogP contribution in [0.5, 0.6) is 0 Å². The topological polar surface area (TPSA) is 22.1 Å². The monoisotopic (exact) mass is 490 g/mol. The highest BCUT2D eigenvalue weighted by atomic mass is 32.4. The summed E-state index contributed by atoms with van der Waals surface area (Å²) >= 11 is 6.97. The normalized spacial score (nSPS) is 28.1. The van der Waals surface area contributed by atoms with Crippen LogP contribution in [0.4, 0.5) is 11.4 Å². The van der Waals surface area contributed by atoms with E-state index in [1.165, 1.54) is 47.2 Å². The number of hydrogen-bond acceptors (Lipinski definition) is 3. The highest BCUT2D eigenvalue weighted by molar-refractivity contribution is 8.18. The number of piperidine rings is 1. The van der Waals surface area contributed by atoms with E-state index < -0.39 is 6.34 Å². The molecule has 2 aromatic rings. The van der Waals surface area contributed by atoms with Gasteiger partial charge in [-0.3, -0.25) is 0 Å². The van der Waals surface area contributed by atoms with Crippen molar-refractivity contribution in [1.82, 2.24) is 4.90 Å².